The lowest BCUT2D eigenvalue weighted by Gasteiger charge is -2.35. The van der Waals surface area contributed by atoms with Gasteiger partial charge in [-0.25, -0.2) is 9.59 Å². The van der Waals surface area contributed by atoms with Crippen molar-refractivity contribution in [3.8, 4) is 0 Å². The van der Waals surface area contributed by atoms with Crippen molar-refractivity contribution in [2.75, 3.05) is 39.5 Å². The molecule has 284 valence electrons. The van der Waals surface area contributed by atoms with E-state index in [1.54, 1.807) is 9.80 Å². The molecule has 2 aromatic rings. The maximum absolute atomic E-state index is 13.8. The van der Waals surface area contributed by atoms with Gasteiger partial charge in [-0.05, 0) is 49.4 Å². The summed E-state index contributed by atoms with van der Waals surface area (Å²) < 4.78 is 50.1. The van der Waals surface area contributed by atoms with Crippen molar-refractivity contribution in [2.24, 2.45) is 22.3 Å². The molecule has 6 saturated heterocycles. The van der Waals surface area contributed by atoms with E-state index in [1.807, 2.05) is 0 Å². The molecule has 10 rings (SSSR count). The molecule has 8 heterocycles. The number of hydroxylamine groups is 4. The minimum atomic E-state index is -4.97. The Kier molecular flexibility index (Phi) is 6.86. The molecule has 2 saturated carbocycles. The van der Waals surface area contributed by atoms with Crippen LogP contribution in [-0.4, -0.2) is 134 Å². The number of hydrogen-bond donors (Lipinski definition) is 6. The predicted octanol–water partition coefficient (Wildman–Crippen LogP) is -1.48. The molecule has 8 fully saturated rings. The van der Waals surface area contributed by atoms with Gasteiger partial charge in [-0.3, -0.25) is 10.8 Å². The number of amides is 4. The molecular formula is C28H38N16O8S. The minimum Gasteiger partial charge on any atom is -0.421 e. The smallest absolute Gasteiger partial charge is 0.421 e. The second kappa shape index (κ2) is 11.1. The molecule has 53 heavy (non-hydrogen) atoms. The Balaban J connectivity index is 0.841. The molecule has 4 amide bonds. The van der Waals surface area contributed by atoms with Gasteiger partial charge >= 0.3 is 22.5 Å². The number of nitrogens with two attached hydrogens (primary N) is 2. The average Bonchev–Trinajstić information content (AvgIpc) is 3.59. The summed E-state index contributed by atoms with van der Waals surface area (Å²) in [6.45, 7) is 1.37. The van der Waals surface area contributed by atoms with Crippen molar-refractivity contribution in [1.29, 1.82) is 10.8 Å². The Morgan fingerprint density at radius 2 is 1.09 bits per heavy atom. The van der Waals surface area contributed by atoms with E-state index >= 15 is 0 Å². The number of fused-ring (bicyclic) bond motifs is 6. The molecule has 2 aromatic heterocycles. The van der Waals surface area contributed by atoms with Crippen LogP contribution < -0.4 is 22.1 Å². The number of carbonyl (C=O) groups is 2. The molecule has 6 atom stereocenters. The molecule has 2 aliphatic carbocycles. The van der Waals surface area contributed by atoms with Gasteiger partial charge in [0.25, 0.3) is 0 Å². The monoisotopic (exact) mass is 758 g/mol. The minimum absolute atomic E-state index is 0.144. The van der Waals surface area contributed by atoms with Crippen LogP contribution in [0.2, 0.25) is 0 Å². The van der Waals surface area contributed by atoms with Gasteiger partial charge in [0.2, 0.25) is 23.6 Å². The first-order valence-corrected chi connectivity index (χ1v) is 18.9. The maximum atomic E-state index is 13.8. The number of nitrogens with one attached hydrogen (secondary N) is 4. The molecule has 0 radical (unpaired) electrons. The summed E-state index contributed by atoms with van der Waals surface area (Å²) in [6, 6.07) is -4.69. The Labute approximate surface area is 301 Å². The number of hydrogen-bond acceptors (Lipinski definition) is 16. The Morgan fingerprint density at radius 3 is 1.45 bits per heavy atom. The fourth-order valence-electron chi connectivity index (χ4n) is 8.96. The molecule has 0 aromatic carbocycles. The SMILES string of the molecule is N=C1NC(c2nnc([C@@H]3CC4(CC4)[C@@H]4CN3C(=O)N4OS(=O)(=O)ON3C(=O)N4C[C@H]3C3(CC3)C[C@H]4c3nnc(C4CN(CN)C(=N)N4)o3)o2)CN1CN. The Morgan fingerprint density at radius 1 is 0.698 bits per heavy atom. The number of guanidine groups is 2. The van der Waals surface area contributed by atoms with Crippen LogP contribution in [0.3, 0.4) is 0 Å². The lowest BCUT2D eigenvalue weighted by atomic mass is 9.85. The summed E-state index contributed by atoms with van der Waals surface area (Å²) in [7, 11) is -4.97. The fraction of sp³-hybridized carbons (Fsp3) is 0.714. The van der Waals surface area contributed by atoms with Crippen LogP contribution in [0.15, 0.2) is 8.83 Å². The van der Waals surface area contributed by atoms with Gasteiger partial charge in [0.05, 0.1) is 38.5 Å². The van der Waals surface area contributed by atoms with Gasteiger partial charge in [0.15, 0.2) is 11.9 Å². The summed E-state index contributed by atoms with van der Waals surface area (Å²) in [6.07, 6.45) is 3.86. The number of urea groups is 2. The van der Waals surface area contributed by atoms with E-state index in [0.717, 1.165) is 35.8 Å². The van der Waals surface area contributed by atoms with Crippen LogP contribution in [0.5, 0.6) is 0 Å². The second-order valence-electron chi connectivity index (χ2n) is 15.1. The number of carbonyl (C=O) groups excluding carboxylic acids is 2. The molecule has 25 heteroatoms. The van der Waals surface area contributed by atoms with Gasteiger partial charge in [-0.15, -0.1) is 29.0 Å². The van der Waals surface area contributed by atoms with E-state index in [9.17, 15) is 18.0 Å². The molecule has 24 nitrogen and oxygen atoms in total. The number of piperidine rings is 2. The van der Waals surface area contributed by atoms with Gasteiger partial charge in [-0.1, -0.05) is 0 Å². The Bertz CT molecular complexity index is 1880. The quantitative estimate of drug-likeness (QED) is 0.161. The third-order valence-electron chi connectivity index (χ3n) is 12.2. The predicted molar refractivity (Wildman–Crippen MR) is 172 cm³/mol. The van der Waals surface area contributed by atoms with Gasteiger partial charge in [0.1, 0.15) is 24.2 Å². The zero-order valence-electron chi connectivity index (χ0n) is 28.3. The third-order valence-corrected chi connectivity index (χ3v) is 12.9. The van der Waals surface area contributed by atoms with Crippen LogP contribution in [0.25, 0.3) is 0 Å². The van der Waals surface area contributed by atoms with E-state index in [4.69, 9.17) is 39.7 Å². The normalized spacial score (nSPS) is 32.2. The highest BCUT2D eigenvalue weighted by atomic mass is 32.3. The molecular weight excluding hydrogens is 720 g/mol. The third kappa shape index (κ3) is 4.96. The number of nitrogens with zero attached hydrogens (tertiary/aromatic N) is 10. The van der Waals surface area contributed by atoms with Gasteiger partial charge < -0.3 is 50.5 Å². The molecule has 8 aliphatic rings. The van der Waals surface area contributed by atoms with Gasteiger partial charge in [0, 0.05) is 13.1 Å². The average molecular weight is 759 g/mol. The molecule has 2 spiro atoms. The summed E-state index contributed by atoms with van der Waals surface area (Å²) >= 11 is 0. The number of rotatable bonds is 10. The van der Waals surface area contributed by atoms with Crippen molar-refractivity contribution in [1.82, 2.24) is 60.8 Å². The van der Waals surface area contributed by atoms with E-state index in [-0.39, 0.29) is 61.9 Å². The molecule has 8 N–H and O–H groups in total. The second-order valence-corrected chi connectivity index (χ2v) is 16.2. The van der Waals surface area contributed by atoms with E-state index in [0.29, 0.717) is 25.9 Å². The Hall–Kier alpha value is -4.85. The van der Waals surface area contributed by atoms with Crippen molar-refractivity contribution >= 4 is 34.4 Å². The van der Waals surface area contributed by atoms with E-state index in [2.05, 4.69) is 31.0 Å². The topological polar surface area (TPSA) is 308 Å². The zero-order chi connectivity index (χ0) is 36.6. The maximum Gasteiger partial charge on any atom is 0.442 e. The summed E-state index contributed by atoms with van der Waals surface area (Å²) in [5, 5.41) is 40.5. The van der Waals surface area contributed by atoms with E-state index in [1.165, 1.54) is 9.80 Å². The van der Waals surface area contributed by atoms with Crippen LogP contribution >= 0.6 is 0 Å². The zero-order valence-corrected chi connectivity index (χ0v) is 29.1. The molecule has 2 unspecified atom stereocenters. The first kappa shape index (κ1) is 32.8. The van der Waals surface area contributed by atoms with Crippen molar-refractivity contribution in [2.45, 2.75) is 74.8 Å². The van der Waals surface area contributed by atoms with Crippen molar-refractivity contribution < 1.29 is 35.4 Å². The van der Waals surface area contributed by atoms with Crippen LogP contribution in [0, 0.1) is 21.6 Å². The van der Waals surface area contributed by atoms with Crippen molar-refractivity contribution in [3.63, 3.8) is 0 Å². The number of aromatic nitrogens is 4. The summed E-state index contributed by atoms with van der Waals surface area (Å²) in [4.78, 5) is 33.8. The lowest BCUT2D eigenvalue weighted by Crippen LogP contribution is -2.45. The van der Waals surface area contributed by atoms with Crippen LogP contribution in [-0.2, 0) is 19.0 Å². The van der Waals surface area contributed by atoms with Crippen molar-refractivity contribution in [3.05, 3.63) is 23.6 Å². The highest BCUT2D eigenvalue weighted by molar-refractivity contribution is 7.81. The largest absolute Gasteiger partial charge is 0.442 e. The van der Waals surface area contributed by atoms with Gasteiger partial charge in [-0.2, -0.15) is 18.5 Å². The summed E-state index contributed by atoms with van der Waals surface area (Å²) in [5.41, 5.74) is 10.6. The highest BCUT2D eigenvalue weighted by Crippen LogP contribution is 2.63. The first-order valence-electron chi connectivity index (χ1n) is 17.5. The highest BCUT2D eigenvalue weighted by Gasteiger charge is 2.67. The summed E-state index contributed by atoms with van der Waals surface area (Å²) in [5.74, 6) is 1.20. The van der Waals surface area contributed by atoms with Crippen LogP contribution in [0.1, 0.15) is 86.3 Å². The fourth-order valence-corrected chi connectivity index (χ4v) is 9.72. The first-order chi connectivity index (χ1) is 25.4. The lowest BCUT2D eigenvalue weighted by molar-refractivity contribution is -0.101. The molecule has 6 aliphatic heterocycles. The van der Waals surface area contributed by atoms with E-state index < -0.39 is 69.5 Å². The molecule has 4 bridgehead atoms. The van der Waals surface area contributed by atoms with Crippen LogP contribution in [0.4, 0.5) is 9.59 Å². The standard InChI is InChI=1S/C28H38N16O8S/c29-11-39-7-13(33-23(39)31)19-35-37-21(49-19)15-5-27(1-2-27)17-9-41(15)25(45)43(17)51-53(47,48)52-44-18-10-42(26(44)46)16(6-28(18)3-4-28)22-38-36-20(50-22)14-8-40(12-30)24(32)34-14/h13-18H,1-12,29-30H2,(H2,31,33)(H2,32,34)/t13?,14?,15-,16-,17-,18-/m0/s1.